The van der Waals surface area contributed by atoms with Gasteiger partial charge in [0.05, 0.1) is 11.0 Å². The van der Waals surface area contributed by atoms with Crippen LogP contribution in [0.1, 0.15) is 55.7 Å². The minimum Gasteiger partial charge on any atom is -0.303 e. The van der Waals surface area contributed by atoms with Crippen molar-refractivity contribution < 1.29 is 0 Å². The molecule has 1 aliphatic rings. The number of aromatic nitrogens is 2. The van der Waals surface area contributed by atoms with Crippen LogP contribution in [0.5, 0.6) is 0 Å². The van der Waals surface area contributed by atoms with Crippen LogP contribution >= 0.6 is 11.6 Å². The van der Waals surface area contributed by atoms with Gasteiger partial charge >= 0.3 is 5.69 Å². The SMILES string of the molecule is O=c1n(CCCCc2ccccc2Cl)c2ccccc2n1C1CCN(CCCCc2ccccc2)CC1. The van der Waals surface area contributed by atoms with E-state index < -0.39 is 0 Å². The zero-order valence-corrected chi connectivity index (χ0v) is 22.5. The molecular formula is C32H38ClN3O. The van der Waals surface area contributed by atoms with Gasteiger partial charge in [-0.25, -0.2) is 4.79 Å². The number of fused-ring (bicyclic) bond motifs is 1. The van der Waals surface area contributed by atoms with Gasteiger partial charge in [-0.1, -0.05) is 72.3 Å². The van der Waals surface area contributed by atoms with Gasteiger partial charge in [0.15, 0.2) is 0 Å². The number of likely N-dealkylation sites (tertiary alicyclic amines) is 1. The maximum absolute atomic E-state index is 13.6. The Bertz CT molecular complexity index is 1340. The molecule has 0 radical (unpaired) electrons. The highest BCUT2D eigenvalue weighted by atomic mass is 35.5. The van der Waals surface area contributed by atoms with Crippen molar-refractivity contribution >= 4 is 22.6 Å². The van der Waals surface area contributed by atoms with Crippen LogP contribution in [0.15, 0.2) is 83.7 Å². The molecular weight excluding hydrogens is 478 g/mol. The standard InChI is InChI=1S/C32H38ClN3O/c33-29-17-5-4-15-27(29)16-9-11-23-35-30-18-6-7-19-31(30)36(32(35)37)28-20-24-34(25-21-28)22-10-8-14-26-12-2-1-3-13-26/h1-7,12-13,15,17-19,28H,8-11,14,16,20-25H2. The molecule has 3 aromatic carbocycles. The smallest absolute Gasteiger partial charge is 0.303 e. The van der Waals surface area contributed by atoms with Crippen LogP contribution in [0, 0.1) is 0 Å². The maximum Gasteiger partial charge on any atom is 0.329 e. The molecule has 0 aliphatic carbocycles. The van der Waals surface area contributed by atoms with Crippen molar-refractivity contribution in [2.75, 3.05) is 19.6 Å². The summed E-state index contributed by atoms with van der Waals surface area (Å²) in [5.74, 6) is 0. The number of imidazole rings is 1. The molecule has 2 heterocycles. The molecule has 1 saturated heterocycles. The summed E-state index contributed by atoms with van der Waals surface area (Å²) in [6, 6.07) is 27.4. The number of halogens is 1. The molecule has 1 fully saturated rings. The number of hydrogen-bond acceptors (Lipinski definition) is 2. The highest BCUT2D eigenvalue weighted by molar-refractivity contribution is 6.31. The lowest BCUT2D eigenvalue weighted by Crippen LogP contribution is -2.38. The van der Waals surface area contributed by atoms with E-state index in [0.29, 0.717) is 0 Å². The van der Waals surface area contributed by atoms with Crippen LogP contribution in [-0.2, 0) is 19.4 Å². The van der Waals surface area contributed by atoms with E-state index in [1.807, 2.05) is 28.8 Å². The normalized spacial score (nSPS) is 14.9. The summed E-state index contributed by atoms with van der Waals surface area (Å²) in [5.41, 5.74) is 4.92. The third kappa shape index (κ3) is 6.37. The molecule has 1 aliphatic heterocycles. The third-order valence-electron chi connectivity index (χ3n) is 7.86. The summed E-state index contributed by atoms with van der Waals surface area (Å²) in [4.78, 5) is 16.2. The second-order valence-electron chi connectivity index (χ2n) is 10.4. The number of para-hydroxylation sites is 2. The van der Waals surface area contributed by atoms with Crippen molar-refractivity contribution in [2.45, 2.75) is 64.0 Å². The first-order chi connectivity index (χ1) is 18.2. The first kappa shape index (κ1) is 25.8. The average molecular weight is 516 g/mol. The number of unbranched alkanes of at least 4 members (excludes halogenated alkanes) is 2. The van der Waals surface area contributed by atoms with E-state index >= 15 is 0 Å². The lowest BCUT2D eigenvalue weighted by atomic mass is 10.0. The van der Waals surface area contributed by atoms with E-state index in [2.05, 4.69) is 64.1 Å². The van der Waals surface area contributed by atoms with Gasteiger partial charge in [-0.05, 0) is 87.2 Å². The van der Waals surface area contributed by atoms with Crippen LogP contribution in [0.2, 0.25) is 5.02 Å². The van der Waals surface area contributed by atoms with Gasteiger partial charge in [0.1, 0.15) is 0 Å². The maximum atomic E-state index is 13.6. The number of hydrogen-bond donors (Lipinski definition) is 0. The van der Waals surface area contributed by atoms with Crippen LogP contribution in [0.25, 0.3) is 11.0 Å². The summed E-state index contributed by atoms with van der Waals surface area (Å²) in [6.45, 7) is 4.04. The molecule has 0 saturated carbocycles. The molecule has 0 spiro atoms. The molecule has 0 N–H and O–H groups in total. The van der Waals surface area contributed by atoms with Gasteiger partial charge < -0.3 is 4.90 Å². The van der Waals surface area contributed by atoms with Crippen LogP contribution in [-0.4, -0.2) is 33.7 Å². The number of piperidine rings is 1. The fourth-order valence-corrected chi connectivity index (χ4v) is 6.03. The minimum atomic E-state index is 0.153. The molecule has 0 unspecified atom stereocenters. The summed E-state index contributed by atoms with van der Waals surface area (Å²) >= 11 is 6.32. The van der Waals surface area contributed by atoms with Crippen molar-refractivity contribution in [3.63, 3.8) is 0 Å². The second kappa shape index (κ2) is 12.6. The quantitative estimate of drug-likeness (QED) is 0.199. The van der Waals surface area contributed by atoms with Crippen molar-refractivity contribution in [2.24, 2.45) is 0 Å². The lowest BCUT2D eigenvalue weighted by Gasteiger charge is -2.32. The van der Waals surface area contributed by atoms with Gasteiger partial charge in [0.2, 0.25) is 0 Å². The summed E-state index contributed by atoms with van der Waals surface area (Å²) in [7, 11) is 0. The highest BCUT2D eigenvalue weighted by Gasteiger charge is 2.25. The molecule has 5 rings (SSSR count). The molecule has 1 aromatic heterocycles. The molecule has 194 valence electrons. The minimum absolute atomic E-state index is 0.153. The number of rotatable bonds is 11. The van der Waals surface area contributed by atoms with E-state index in [9.17, 15) is 4.79 Å². The molecule has 4 nitrogen and oxygen atoms in total. The molecule has 5 heteroatoms. The van der Waals surface area contributed by atoms with Crippen molar-refractivity contribution in [3.05, 3.63) is 105 Å². The molecule has 0 bridgehead atoms. The van der Waals surface area contributed by atoms with Gasteiger partial charge in [0.25, 0.3) is 0 Å². The first-order valence-corrected chi connectivity index (χ1v) is 14.3. The topological polar surface area (TPSA) is 30.2 Å². The van der Waals surface area contributed by atoms with Crippen molar-refractivity contribution in [3.8, 4) is 0 Å². The predicted octanol–water partition coefficient (Wildman–Crippen LogP) is 7.14. The van der Waals surface area contributed by atoms with Gasteiger partial charge in [-0.15, -0.1) is 0 Å². The zero-order valence-electron chi connectivity index (χ0n) is 21.7. The predicted molar refractivity (Wildman–Crippen MR) is 155 cm³/mol. The van der Waals surface area contributed by atoms with Crippen LogP contribution < -0.4 is 5.69 Å². The molecule has 0 atom stereocenters. The Balaban J connectivity index is 1.16. The second-order valence-corrected chi connectivity index (χ2v) is 10.8. The van der Waals surface area contributed by atoms with Gasteiger partial charge in [-0.3, -0.25) is 9.13 Å². The number of nitrogens with zero attached hydrogens (tertiary/aromatic N) is 3. The van der Waals surface area contributed by atoms with E-state index in [4.69, 9.17) is 11.6 Å². The average Bonchev–Trinajstić information content (AvgIpc) is 3.22. The highest BCUT2D eigenvalue weighted by Crippen LogP contribution is 2.26. The molecule has 4 aromatic rings. The van der Waals surface area contributed by atoms with Gasteiger partial charge in [-0.2, -0.15) is 0 Å². The van der Waals surface area contributed by atoms with E-state index in [1.165, 1.54) is 24.0 Å². The number of benzene rings is 3. The fraction of sp³-hybridized carbons (Fsp3) is 0.406. The first-order valence-electron chi connectivity index (χ1n) is 13.9. The van der Waals surface area contributed by atoms with Crippen molar-refractivity contribution in [1.29, 1.82) is 0 Å². The largest absolute Gasteiger partial charge is 0.329 e. The zero-order chi connectivity index (χ0) is 25.5. The summed E-state index contributed by atoms with van der Waals surface area (Å²) in [6.07, 6.45) is 8.61. The fourth-order valence-electron chi connectivity index (χ4n) is 5.80. The van der Waals surface area contributed by atoms with Crippen LogP contribution in [0.4, 0.5) is 0 Å². The third-order valence-corrected chi connectivity index (χ3v) is 8.23. The monoisotopic (exact) mass is 515 g/mol. The Morgan fingerprint density at radius 3 is 2.14 bits per heavy atom. The summed E-state index contributed by atoms with van der Waals surface area (Å²) < 4.78 is 4.09. The van der Waals surface area contributed by atoms with E-state index in [-0.39, 0.29) is 11.7 Å². The Labute approximate surface area is 225 Å². The number of aryl methyl sites for hydroxylation is 3. The summed E-state index contributed by atoms with van der Waals surface area (Å²) in [5, 5.41) is 0.832. The van der Waals surface area contributed by atoms with E-state index in [0.717, 1.165) is 80.8 Å². The Morgan fingerprint density at radius 2 is 1.35 bits per heavy atom. The van der Waals surface area contributed by atoms with Crippen molar-refractivity contribution in [1.82, 2.24) is 14.0 Å². The Morgan fingerprint density at radius 1 is 0.703 bits per heavy atom. The molecule has 37 heavy (non-hydrogen) atoms. The van der Waals surface area contributed by atoms with E-state index in [1.54, 1.807) is 0 Å². The Hall–Kier alpha value is -2.82. The van der Waals surface area contributed by atoms with Crippen LogP contribution in [0.3, 0.4) is 0 Å². The van der Waals surface area contributed by atoms with Gasteiger partial charge in [0, 0.05) is 30.7 Å². The lowest BCUT2D eigenvalue weighted by molar-refractivity contribution is 0.183. The Kier molecular flexibility index (Phi) is 8.80. The molecule has 0 amide bonds.